The SMILES string of the molecule is CCCCCCCc1noc(-c2ccc(CO)cc2)n1. The van der Waals surface area contributed by atoms with Gasteiger partial charge in [-0.2, -0.15) is 4.98 Å². The molecule has 0 aliphatic carbocycles. The zero-order valence-corrected chi connectivity index (χ0v) is 12.0. The number of benzene rings is 1. The van der Waals surface area contributed by atoms with Crippen LogP contribution >= 0.6 is 0 Å². The van der Waals surface area contributed by atoms with Gasteiger partial charge in [0.25, 0.3) is 5.89 Å². The molecular formula is C16H22N2O2. The highest BCUT2D eigenvalue weighted by molar-refractivity contribution is 5.53. The molecule has 4 heteroatoms. The Hall–Kier alpha value is -1.68. The highest BCUT2D eigenvalue weighted by Gasteiger charge is 2.08. The van der Waals surface area contributed by atoms with Gasteiger partial charge in [-0.3, -0.25) is 0 Å². The molecule has 2 aromatic rings. The smallest absolute Gasteiger partial charge is 0.257 e. The van der Waals surface area contributed by atoms with E-state index in [1.807, 2.05) is 24.3 Å². The third-order valence-corrected chi connectivity index (χ3v) is 3.36. The molecule has 2 rings (SSSR count). The summed E-state index contributed by atoms with van der Waals surface area (Å²) in [5.41, 5.74) is 1.77. The van der Waals surface area contributed by atoms with Crippen molar-refractivity contribution in [3.8, 4) is 11.5 Å². The van der Waals surface area contributed by atoms with E-state index in [1.165, 1.54) is 25.7 Å². The van der Waals surface area contributed by atoms with E-state index >= 15 is 0 Å². The standard InChI is InChI=1S/C16H22N2O2/c1-2-3-4-5-6-7-15-17-16(20-18-15)14-10-8-13(12-19)9-11-14/h8-11,19H,2-7,12H2,1H3. The number of aliphatic hydroxyl groups excluding tert-OH is 1. The van der Waals surface area contributed by atoms with E-state index in [-0.39, 0.29) is 6.61 Å². The van der Waals surface area contributed by atoms with Gasteiger partial charge in [-0.25, -0.2) is 0 Å². The average molecular weight is 274 g/mol. The van der Waals surface area contributed by atoms with Gasteiger partial charge in [0.15, 0.2) is 5.82 Å². The number of unbranched alkanes of at least 4 members (excludes halogenated alkanes) is 4. The van der Waals surface area contributed by atoms with E-state index < -0.39 is 0 Å². The third-order valence-electron chi connectivity index (χ3n) is 3.36. The van der Waals surface area contributed by atoms with Crippen molar-refractivity contribution in [2.75, 3.05) is 0 Å². The van der Waals surface area contributed by atoms with Crippen LogP contribution in [0.25, 0.3) is 11.5 Å². The molecule has 0 fully saturated rings. The maximum Gasteiger partial charge on any atom is 0.257 e. The van der Waals surface area contributed by atoms with Gasteiger partial charge in [-0.05, 0) is 24.1 Å². The van der Waals surface area contributed by atoms with Crippen molar-refractivity contribution in [1.82, 2.24) is 10.1 Å². The number of nitrogens with zero attached hydrogens (tertiary/aromatic N) is 2. The van der Waals surface area contributed by atoms with Crippen LogP contribution in [0.3, 0.4) is 0 Å². The van der Waals surface area contributed by atoms with Gasteiger partial charge < -0.3 is 9.63 Å². The maximum absolute atomic E-state index is 9.01. The fourth-order valence-corrected chi connectivity index (χ4v) is 2.11. The highest BCUT2D eigenvalue weighted by atomic mass is 16.5. The number of rotatable bonds is 8. The summed E-state index contributed by atoms with van der Waals surface area (Å²) in [5.74, 6) is 1.33. The molecule has 0 bridgehead atoms. The Labute approximate surface area is 119 Å². The van der Waals surface area contributed by atoms with Crippen LogP contribution in [0.2, 0.25) is 0 Å². The van der Waals surface area contributed by atoms with Crippen LogP contribution in [0.15, 0.2) is 28.8 Å². The van der Waals surface area contributed by atoms with Gasteiger partial charge >= 0.3 is 0 Å². The van der Waals surface area contributed by atoms with E-state index in [2.05, 4.69) is 17.1 Å². The Bertz CT molecular complexity index is 505. The molecule has 0 saturated heterocycles. The van der Waals surface area contributed by atoms with Crippen molar-refractivity contribution < 1.29 is 9.63 Å². The predicted molar refractivity (Wildman–Crippen MR) is 78.1 cm³/mol. The van der Waals surface area contributed by atoms with Crippen molar-refractivity contribution in [1.29, 1.82) is 0 Å². The second-order valence-corrected chi connectivity index (χ2v) is 5.04. The summed E-state index contributed by atoms with van der Waals surface area (Å²) in [5, 5.41) is 13.0. The number of aryl methyl sites for hydroxylation is 1. The summed E-state index contributed by atoms with van der Waals surface area (Å²) in [6.45, 7) is 2.26. The predicted octanol–water partition coefficient (Wildman–Crippen LogP) is 3.74. The number of aliphatic hydroxyl groups is 1. The van der Waals surface area contributed by atoms with Crippen LogP contribution in [0.1, 0.15) is 50.4 Å². The van der Waals surface area contributed by atoms with Gasteiger partial charge in [-0.1, -0.05) is 49.9 Å². The first kappa shape index (κ1) is 14.7. The van der Waals surface area contributed by atoms with Gasteiger partial charge in [0, 0.05) is 12.0 Å². The Kier molecular flexibility index (Phi) is 5.74. The summed E-state index contributed by atoms with van der Waals surface area (Å²) >= 11 is 0. The number of aromatic nitrogens is 2. The van der Waals surface area contributed by atoms with Crippen LogP contribution < -0.4 is 0 Å². The summed E-state index contributed by atoms with van der Waals surface area (Å²) in [6, 6.07) is 7.52. The Balaban J connectivity index is 1.87. The topological polar surface area (TPSA) is 59.2 Å². The summed E-state index contributed by atoms with van der Waals surface area (Å²) in [6.07, 6.45) is 7.06. The first-order chi connectivity index (χ1) is 9.83. The first-order valence-electron chi connectivity index (χ1n) is 7.36. The summed E-state index contributed by atoms with van der Waals surface area (Å²) in [4.78, 5) is 4.41. The molecular weight excluding hydrogens is 252 g/mol. The zero-order chi connectivity index (χ0) is 14.2. The van der Waals surface area contributed by atoms with Crippen LogP contribution in [0.4, 0.5) is 0 Å². The minimum Gasteiger partial charge on any atom is -0.392 e. The Morgan fingerprint density at radius 3 is 2.50 bits per heavy atom. The van der Waals surface area contributed by atoms with Crippen molar-refractivity contribution in [3.63, 3.8) is 0 Å². The van der Waals surface area contributed by atoms with E-state index in [1.54, 1.807) is 0 Å². The molecule has 1 aromatic carbocycles. The van der Waals surface area contributed by atoms with Gasteiger partial charge in [-0.15, -0.1) is 0 Å². The quantitative estimate of drug-likeness (QED) is 0.745. The fourth-order valence-electron chi connectivity index (χ4n) is 2.11. The largest absolute Gasteiger partial charge is 0.392 e. The normalized spacial score (nSPS) is 10.9. The molecule has 0 saturated carbocycles. The molecule has 4 nitrogen and oxygen atoms in total. The molecule has 0 spiro atoms. The van der Waals surface area contributed by atoms with Crippen LogP contribution in [0.5, 0.6) is 0 Å². The lowest BCUT2D eigenvalue weighted by atomic mass is 10.1. The molecule has 1 heterocycles. The zero-order valence-electron chi connectivity index (χ0n) is 12.0. The lowest BCUT2D eigenvalue weighted by Gasteiger charge is -1.97. The molecule has 0 aliphatic heterocycles. The summed E-state index contributed by atoms with van der Waals surface area (Å²) < 4.78 is 5.28. The molecule has 0 atom stereocenters. The molecule has 20 heavy (non-hydrogen) atoms. The van der Waals surface area contributed by atoms with E-state index in [0.717, 1.165) is 29.8 Å². The maximum atomic E-state index is 9.01. The van der Waals surface area contributed by atoms with Crippen molar-refractivity contribution in [2.45, 2.75) is 52.1 Å². The molecule has 1 N–H and O–H groups in total. The Morgan fingerprint density at radius 2 is 1.80 bits per heavy atom. The van der Waals surface area contributed by atoms with Crippen molar-refractivity contribution in [2.24, 2.45) is 0 Å². The van der Waals surface area contributed by atoms with E-state index in [0.29, 0.717) is 5.89 Å². The average Bonchev–Trinajstić information content (AvgIpc) is 2.96. The van der Waals surface area contributed by atoms with Gasteiger partial charge in [0.1, 0.15) is 0 Å². The minimum absolute atomic E-state index is 0.0487. The second-order valence-electron chi connectivity index (χ2n) is 5.04. The molecule has 108 valence electrons. The second kappa shape index (κ2) is 7.80. The third kappa shape index (κ3) is 4.17. The molecule has 0 amide bonds. The van der Waals surface area contributed by atoms with E-state index in [9.17, 15) is 0 Å². The minimum atomic E-state index is 0.0487. The lowest BCUT2D eigenvalue weighted by Crippen LogP contribution is -1.89. The fraction of sp³-hybridized carbons (Fsp3) is 0.500. The monoisotopic (exact) mass is 274 g/mol. The van der Waals surface area contributed by atoms with Crippen molar-refractivity contribution in [3.05, 3.63) is 35.7 Å². The number of hydrogen-bond acceptors (Lipinski definition) is 4. The van der Waals surface area contributed by atoms with Gasteiger partial charge in [0.05, 0.1) is 6.61 Å². The van der Waals surface area contributed by atoms with E-state index in [4.69, 9.17) is 9.63 Å². The molecule has 1 aromatic heterocycles. The highest BCUT2D eigenvalue weighted by Crippen LogP contribution is 2.18. The summed E-state index contributed by atoms with van der Waals surface area (Å²) in [7, 11) is 0. The molecule has 0 aliphatic rings. The molecule has 0 radical (unpaired) electrons. The van der Waals surface area contributed by atoms with Crippen LogP contribution in [0, 0.1) is 0 Å². The van der Waals surface area contributed by atoms with Crippen LogP contribution in [-0.4, -0.2) is 15.2 Å². The Morgan fingerprint density at radius 1 is 1.05 bits per heavy atom. The molecule has 0 unspecified atom stereocenters. The lowest BCUT2D eigenvalue weighted by molar-refractivity contribution is 0.282. The van der Waals surface area contributed by atoms with Gasteiger partial charge in [0.2, 0.25) is 0 Å². The van der Waals surface area contributed by atoms with Crippen molar-refractivity contribution >= 4 is 0 Å². The number of hydrogen-bond donors (Lipinski definition) is 1. The first-order valence-corrected chi connectivity index (χ1v) is 7.36. The van der Waals surface area contributed by atoms with Crippen LogP contribution in [-0.2, 0) is 13.0 Å².